The van der Waals surface area contributed by atoms with Crippen molar-refractivity contribution in [1.82, 2.24) is 4.98 Å². The number of ether oxygens (including phenoxy) is 1. The molecule has 2 rings (SSSR count). The first-order valence-corrected chi connectivity index (χ1v) is 5.19. The maximum atomic E-state index is 13.0. The van der Waals surface area contributed by atoms with Crippen molar-refractivity contribution >= 4 is 22.9 Å². The molecule has 1 aromatic heterocycles. The van der Waals surface area contributed by atoms with Gasteiger partial charge in [0.2, 0.25) is 0 Å². The van der Waals surface area contributed by atoms with Gasteiger partial charge in [0.1, 0.15) is 5.82 Å². The van der Waals surface area contributed by atoms with Crippen LogP contribution in [-0.2, 0) is 9.53 Å². The Morgan fingerprint density at radius 2 is 2.17 bits per heavy atom. The van der Waals surface area contributed by atoms with Crippen LogP contribution in [0.15, 0.2) is 35.1 Å². The van der Waals surface area contributed by atoms with Gasteiger partial charge in [-0.15, -0.1) is 0 Å². The van der Waals surface area contributed by atoms with Crippen molar-refractivity contribution in [2.45, 2.75) is 0 Å². The number of halogens is 1. The van der Waals surface area contributed by atoms with Gasteiger partial charge in [0, 0.05) is 11.6 Å². The van der Waals surface area contributed by atoms with Crippen LogP contribution >= 0.6 is 0 Å². The topological polar surface area (TPSA) is 59.2 Å². The third kappa shape index (κ3) is 2.45. The van der Waals surface area contributed by atoms with Crippen LogP contribution < -0.4 is 5.56 Å². The minimum absolute atomic E-state index is 0.305. The van der Waals surface area contributed by atoms with Gasteiger partial charge in [0.05, 0.1) is 12.6 Å². The fraction of sp³-hybridized carbons (Fsp3) is 0.0769. The van der Waals surface area contributed by atoms with Gasteiger partial charge >= 0.3 is 5.97 Å². The SMILES string of the molecule is COC(=O)/C=C/c1cc2ccc(F)cc2[nH]c1=O. The van der Waals surface area contributed by atoms with Crippen LogP contribution in [0.25, 0.3) is 17.0 Å². The van der Waals surface area contributed by atoms with E-state index in [0.29, 0.717) is 16.5 Å². The average molecular weight is 247 g/mol. The first-order valence-electron chi connectivity index (χ1n) is 5.19. The Kier molecular flexibility index (Phi) is 3.23. The number of carbonyl (C=O) groups is 1. The van der Waals surface area contributed by atoms with Gasteiger partial charge in [-0.3, -0.25) is 4.79 Å². The molecule has 2 aromatic rings. The van der Waals surface area contributed by atoms with Gasteiger partial charge in [-0.25, -0.2) is 9.18 Å². The van der Waals surface area contributed by atoms with E-state index >= 15 is 0 Å². The third-order valence-corrected chi connectivity index (χ3v) is 2.44. The summed E-state index contributed by atoms with van der Waals surface area (Å²) >= 11 is 0. The number of esters is 1. The maximum absolute atomic E-state index is 13.0. The molecule has 1 N–H and O–H groups in total. The van der Waals surface area contributed by atoms with Crippen molar-refractivity contribution < 1.29 is 13.9 Å². The lowest BCUT2D eigenvalue weighted by Gasteiger charge is -1.99. The van der Waals surface area contributed by atoms with E-state index in [1.54, 1.807) is 12.1 Å². The molecular formula is C13H10FNO3. The second kappa shape index (κ2) is 4.83. The molecule has 1 heterocycles. The van der Waals surface area contributed by atoms with Crippen LogP contribution in [0.4, 0.5) is 4.39 Å². The van der Waals surface area contributed by atoms with E-state index in [9.17, 15) is 14.0 Å². The number of H-pyrrole nitrogens is 1. The molecule has 0 saturated carbocycles. The molecule has 0 aliphatic heterocycles. The molecule has 0 atom stereocenters. The summed E-state index contributed by atoms with van der Waals surface area (Å²) in [6, 6.07) is 5.67. The zero-order valence-corrected chi connectivity index (χ0v) is 9.57. The number of hydrogen-bond donors (Lipinski definition) is 1. The third-order valence-electron chi connectivity index (χ3n) is 2.44. The van der Waals surface area contributed by atoms with Crippen LogP contribution in [0.1, 0.15) is 5.56 Å². The highest BCUT2D eigenvalue weighted by molar-refractivity contribution is 5.88. The van der Waals surface area contributed by atoms with E-state index in [2.05, 4.69) is 9.72 Å². The van der Waals surface area contributed by atoms with Crippen LogP contribution in [0.3, 0.4) is 0 Å². The molecule has 0 bridgehead atoms. The largest absolute Gasteiger partial charge is 0.466 e. The van der Waals surface area contributed by atoms with E-state index in [-0.39, 0.29) is 0 Å². The normalized spacial score (nSPS) is 11.0. The molecule has 0 spiro atoms. The average Bonchev–Trinajstić information content (AvgIpc) is 2.35. The molecule has 0 unspecified atom stereocenters. The van der Waals surface area contributed by atoms with Crippen molar-refractivity contribution in [3.8, 4) is 0 Å². The van der Waals surface area contributed by atoms with Crippen molar-refractivity contribution in [3.05, 3.63) is 52.1 Å². The summed E-state index contributed by atoms with van der Waals surface area (Å²) in [6.45, 7) is 0. The summed E-state index contributed by atoms with van der Waals surface area (Å²) in [5, 5.41) is 0.681. The van der Waals surface area contributed by atoms with Gasteiger partial charge in [-0.2, -0.15) is 0 Å². The summed E-state index contributed by atoms with van der Waals surface area (Å²) in [4.78, 5) is 25.1. The highest BCUT2D eigenvalue weighted by Gasteiger charge is 2.02. The minimum atomic E-state index is -0.548. The predicted molar refractivity (Wildman–Crippen MR) is 65.6 cm³/mol. The monoisotopic (exact) mass is 247 g/mol. The quantitative estimate of drug-likeness (QED) is 0.650. The summed E-state index contributed by atoms with van der Waals surface area (Å²) in [6.07, 6.45) is 2.51. The van der Waals surface area contributed by atoms with E-state index in [1.807, 2.05) is 0 Å². The molecule has 4 nitrogen and oxygen atoms in total. The second-order valence-corrected chi connectivity index (χ2v) is 3.64. The number of aromatic nitrogens is 1. The Hall–Kier alpha value is -2.43. The first-order chi connectivity index (χ1) is 8.60. The molecule has 0 aliphatic carbocycles. The predicted octanol–water partition coefficient (Wildman–Crippen LogP) is 1.85. The first kappa shape index (κ1) is 12.0. The molecule has 0 amide bonds. The highest BCUT2D eigenvalue weighted by atomic mass is 19.1. The number of nitrogens with one attached hydrogen (secondary N) is 1. The fourth-order valence-electron chi connectivity index (χ4n) is 1.54. The van der Waals surface area contributed by atoms with Gasteiger partial charge in [0.15, 0.2) is 0 Å². The zero-order chi connectivity index (χ0) is 13.1. The second-order valence-electron chi connectivity index (χ2n) is 3.64. The molecule has 5 heteroatoms. The molecule has 1 aromatic carbocycles. The number of rotatable bonds is 2. The number of pyridine rings is 1. The van der Waals surface area contributed by atoms with E-state index in [0.717, 1.165) is 6.08 Å². The van der Waals surface area contributed by atoms with E-state index < -0.39 is 17.3 Å². The van der Waals surface area contributed by atoms with E-state index in [1.165, 1.54) is 25.3 Å². The lowest BCUT2D eigenvalue weighted by Crippen LogP contribution is -2.09. The Balaban J connectivity index is 2.50. The summed E-state index contributed by atoms with van der Waals surface area (Å²) in [7, 11) is 1.25. The Labute approximate surface area is 102 Å². The number of fused-ring (bicyclic) bond motifs is 1. The van der Waals surface area contributed by atoms with Crippen LogP contribution in [0.2, 0.25) is 0 Å². The Bertz CT molecular complexity index is 688. The number of benzene rings is 1. The summed E-state index contributed by atoms with van der Waals surface area (Å²) in [5.74, 6) is -0.968. The molecule has 0 saturated heterocycles. The summed E-state index contributed by atoms with van der Waals surface area (Å²) in [5.41, 5.74) is 0.322. The van der Waals surface area contributed by atoms with Crippen LogP contribution in [0.5, 0.6) is 0 Å². The lowest BCUT2D eigenvalue weighted by atomic mass is 10.1. The standard InChI is InChI=1S/C13H10FNO3/c1-18-12(16)5-3-9-6-8-2-4-10(14)7-11(8)15-13(9)17/h2-7H,1H3,(H,15,17)/b5-3+. The van der Waals surface area contributed by atoms with Gasteiger partial charge < -0.3 is 9.72 Å². The number of methoxy groups -OCH3 is 1. The van der Waals surface area contributed by atoms with Gasteiger partial charge in [-0.05, 0) is 35.7 Å². The Morgan fingerprint density at radius 3 is 2.89 bits per heavy atom. The molecule has 0 fully saturated rings. The zero-order valence-electron chi connectivity index (χ0n) is 9.57. The van der Waals surface area contributed by atoms with Crippen molar-refractivity contribution in [2.24, 2.45) is 0 Å². The van der Waals surface area contributed by atoms with Crippen molar-refractivity contribution in [1.29, 1.82) is 0 Å². The maximum Gasteiger partial charge on any atom is 0.330 e. The highest BCUT2D eigenvalue weighted by Crippen LogP contribution is 2.13. The van der Waals surface area contributed by atoms with Crippen molar-refractivity contribution in [2.75, 3.05) is 7.11 Å². The summed E-state index contributed by atoms with van der Waals surface area (Å²) < 4.78 is 17.4. The Morgan fingerprint density at radius 1 is 1.39 bits per heavy atom. The number of carbonyl (C=O) groups excluding carboxylic acids is 1. The van der Waals surface area contributed by atoms with Gasteiger partial charge in [0.25, 0.3) is 5.56 Å². The number of aromatic amines is 1. The van der Waals surface area contributed by atoms with Crippen LogP contribution in [0, 0.1) is 5.82 Å². The molecule has 92 valence electrons. The molecular weight excluding hydrogens is 237 g/mol. The number of hydrogen-bond acceptors (Lipinski definition) is 3. The minimum Gasteiger partial charge on any atom is -0.466 e. The van der Waals surface area contributed by atoms with Crippen molar-refractivity contribution in [3.63, 3.8) is 0 Å². The fourth-order valence-corrected chi connectivity index (χ4v) is 1.54. The van der Waals surface area contributed by atoms with Crippen LogP contribution in [-0.4, -0.2) is 18.1 Å². The lowest BCUT2D eigenvalue weighted by molar-refractivity contribution is -0.134. The molecule has 0 radical (unpaired) electrons. The smallest absolute Gasteiger partial charge is 0.330 e. The van der Waals surface area contributed by atoms with E-state index in [4.69, 9.17) is 0 Å². The molecule has 18 heavy (non-hydrogen) atoms. The molecule has 0 aliphatic rings. The van der Waals surface area contributed by atoms with Gasteiger partial charge in [-0.1, -0.05) is 0 Å².